The SMILES string of the molecule is Cn1cnnc1CC1(c2cccc(-n3cc4c(C(F)(F)F)cc(C#CCN5CCCC5)cn4c3=O)c2)COC1. The minimum Gasteiger partial charge on any atom is -0.379 e. The Morgan fingerprint density at radius 1 is 1.13 bits per heavy atom. The van der Waals surface area contributed by atoms with Gasteiger partial charge < -0.3 is 9.30 Å². The number of hydrogen-bond acceptors (Lipinski definition) is 5. The predicted octanol–water partition coefficient (Wildman–Crippen LogP) is 3.20. The maximum Gasteiger partial charge on any atom is 0.418 e. The average Bonchev–Trinajstić information content (AvgIpc) is 3.62. The maximum absolute atomic E-state index is 14.1. The Morgan fingerprint density at radius 3 is 2.59 bits per heavy atom. The summed E-state index contributed by atoms with van der Waals surface area (Å²) in [6.07, 6.45) is 2.40. The molecule has 2 aliphatic heterocycles. The quantitative estimate of drug-likeness (QED) is 0.367. The number of rotatable bonds is 5. The van der Waals surface area contributed by atoms with Crippen LogP contribution >= 0.6 is 0 Å². The molecule has 0 unspecified atom stereocenters. The van der Waals surface area contributed by atoms with Gasteiger partial charge in [0.2, 0.25) is 0 Å². The average molecular weight is 537 g/mol. The maximum atomic E-state index is 14.1. The van der Waals surface area contributed by atoms with E-state index in [1.165, 1.54) is 17.0 Å². The van der Waals surface area contributed by atoms with Gasteiger partial charge in [-0.25, -0.2) is 4.79 Å². The lowest BCUT2D eigenvalue weighted by molar-refractivity contribution is -0.136. The van der Waals surface area contributed by atoms with Gasteiger partial charge in [-0.1, -0.05) is 24.0 Å². The van der Waals surface area contributed by atoms with Crippen LogP contribution in [0.25, 0.3) is 11.2 Å². The standard InChI is InChI=1S/C28H27F3N6O2/c1-34-19-32-33-25(34)14-27(17-39-18-27)21-7-4-8-22(13-21)36-16-24-23(28(29,30)31)12-20(15-37(24)26(36)38)6-5-11-35-9-2-3-10-35/h4,7-8,12-13,15-16,19H,2-3,9-11,14,17-18H2,1H3. The summed E-state index contributed by atoms with van der Waals surface area (Å²) in [5, 5.41) is 8.15. The van der Waals surface area contributed by atoms with Crippen molar-refractivity contribution in [1.82, 2.24) is 28.6 Å². The van der Waals surface area contributed by atoms with Crippen molar-refractivity contribution in [2.75, 3.05) is 32.8 Å². The fourth-order valence-electron chi connectivity index (χ4n) is 5.34. The number of ether oxygens (including phenoxy) is 1. The minimum absolute atomic E-state index is 0.150. The molecule has 2 fully saturated rings. The molecule has 2 aliphatic rings. The Kier molecular flexibility index (Phi) is 6.32. The molecule has 8 nitrogen and oxygen atoms in total. The second-order valence-corrected chi connectivity index (χ2v) is 10.3. The second-order valence-electron chi connectivity index (χ2n) is 10.3. The van der Waals surface area contributed by atoms with Gasteiger partial charge in [-0.15, -0.1) is 10.2 Å². The van der Waals surface area contributed by atoms with E-state index in [0.717, 1.165) is 47.8 Å². The van der Waals surface area contributed by atoms with E-state index < -0.39 is 17.4 Å². The van der Waals surface area contributed by atoms with Crippen LogP contribution in [0.4, 0.5) is 13.2 Å². The zero-order chi connectivity index (χ0) is 27.2. The van der Waals surface area contributed by atoms with Crippen LogP contribution in [0.5, 0.6) is 0 Å². The van der Waals surface area contributed by atoms with Crippen LogP contribution in [0, 0.1) is 11.8 Å². The van der Waals surface area contributed by atoms with Crippen LogP contribution in [0.15, 0.2) is 53.8 Å². The summed E-state index contributed by atoms with van der Waals surface area (Å²) in [5.74, 6) is 6.60. The molecule has 0 radical (unpaired) electrons. The van der Waals surface area contributed by atoms with E-state index in [2.05, 4.69) is 26.9 Å². The third-order valence-corrected chi connectivity index (χ3v) is 7.60. The molecule has 5 heterocycles. The monoisotopic (exact) mass is 536 g/mol. The lowest BCUT2D eigenvalue weighted by Gasteiger charge is -2.41. The summed E-state index contributed by atoms with van der Waals surface area (Å²) in [5.41, 5.74) is -0.534. The van der Waals surface area contributed by atoms with E-state index in [1.807, 2.05) is 23.7 Å². The highest BCUT2D eigenvalue weighted by Crippen LogP contribution is 2.37. The summed E-state index contributed by atoms with van der Waals surface area (Å²) in [7, 11) is 1.87. The molecule has 0 amide bonds. The number of pyridine rings is 1. The molecule has 3 aromatic heterocycles. The van der Waals surface area contributed by atoms with Gasteiger partial charge in [0.1, 0.15) is 12.2 Å². The lowest BCUT2D eigenvalue weighted by Crippen LogP contribution is -2.49. The van der Waals surface area contributed by atoms with Crippen LogP contribution in [0.1, 0.15) is 35.4 Å². The second kappa shape index (κ2) is 9.70. The number of aryl methyl sites for hydroxylation is 1. The van der Waals surface area contributed by atoms with E-state index in [4.69, 9.17) is 4.74 Å². The van der Waals surface area contributed by atoms with Crippen molar-refractivity contribution >= 4 is 5.52 Å². The van der Waals surface area contributed by atoms with Crippen molar-refractivity contribution in [3.05, 3.63) is 82.1 Å². The van der Waals surface area contributed by atoms with Crippen LogP contribution < -0.4 is 5.69 Å². The first-order valence-electron chi connectivity index (χ1n) is 12.8. The molecule has 0 N–H and O–H groups in total. The highest BCUT2D eigenvalue weighted by molar-refractivity contribution is 5.59. The van der Waals surface area contributed by atoms with Gasteiger partial charge in [0.25, 0.3) is 0 Å². The number of likely N-dealkylation sites (tertiary alicyclic amines) is 1. The third kappa shape index (κ3) is 4.75. The van der Waals surface area contributed by atoms with Crippen LogP contribution in [0.2, 0.25) is 0 Å². The van der Waals surface area contributed by atoms with Gasteiger partial charge >= 0.3 is 11.9 Å². The highest BCUT2D eigenvalue weighted by Gasteiger charge is 2.42. The number of aromatic nitrogens is 5. The van der Waals surface area contributed by atoms with Crippen molar-refractivity contribution in [2.45, 2.75) is 30.9 Å². The first-order chi connectivity index (χ1) is 18.7. The summed E-state index contributed by atoms with van der Waals surface area (Å²) in [6.45, 7) is 3.30. The molecule has 0 spiro atoms. The van der Waals surface area contributed by atoms with E-state index in [-0.39, 0.29) is 16.5 Å². The summed E-state index contributed by atoms with van der Waals surface area (Å²) < 4.78 is 52.0. The third-order valence-electron chi connectivity index (χ3n) is 7.60. The molecule has 0 aliphatic carbocycles. The van der Waals surface area contributed by atoms with Crippen LogP contribution in [-0.2, 0) is 29.8 Å². The van der Waals surface area contributed by atoms with E-state index in [1.54, 1.807) is 18.5 Å². The normalized spacial score (nSPS) is 17.2. The van der Waals surface area contributed by atoms with Crippen LogP contribution in [-0.4, -0.2) is 61.5 Å². The van der Waals surface area contributed by atoms with Crippen molar-refractivity contribution < 1.29 is 17.9 Å². The number of fused-ring (bicyclic) bond motifs is 1. The summed E-state index contributed by atoms with van der Waals surface area (Å²) >= 11 is 0. The predicted molar refractivity (Wildman–Crippen MR) is 138 cm³/mol. The Labute approximate surface area is 222 Å². The first kappa shape index (κ1) is 25.4. The van der Waals surface area contributed by atoms with E-state index >= 15 is 0 Å². The molecular formula is C28H27F3N6O2. The molecule has 39 heavy (non-hydrogen) atoms. The molecule has 0 bridgehead atoms. The van der Waals surface area contributed by atoms with Crippen molar-refractivity contribution in [1.29, 1.82) is 0 Å². The molecular weight excluding hydrogens is 509 g/mol. The van der Waals surface area contributed by atoms with Crippen molar-refractivity contribution in [2.24, 2.45) is 7.05 Å². The molecule has 0 saturated carbocycles. The number of hydrogen-bond donors (Lipinski definition) is 0. The molecule has 6 rings (SSSR count). The number of benzene rings is 1. The van der Waals surface area contributed by atoms with Gasteiger partial charge in [-0.05, 0) is 49.7 Å². The Balaban J connectivity index is 1.39. The zero-order valence-corrected chi connectivity index (χ0v) is 21.4. The highest BCUT2D eigenvalue weighted by atomic mass is 19.4. The molecule has 0 atom stereocenters. The molecule has 2 saturated heterocycles. The lowest BCUT2D eigenvalue weighted by atomic mass is 9.75. The topological polar surface area (TPSA) is 69.6 Å². The molecule has 4 aromatic rings. The molecule has 1 aromatic carbocycles. The van der Waals surface area contributed by atoms with Gasteiger partial charge in [0, 0.05) is 36.8 Å². The minimum atomic E-state index is -4.65. The van der Waals surface area contributed by atoms with E-state index in [0.29, 0.717) is 31.9 Å². The summed E-state index contributed by atoms with van der Waals surface area (Å²) in [4.78, 5) is 15.6. The number of halogens is 3. The summed E-state index contributed by atoms with van der Waals surface area (Å²) in [6, 6.07) is 8.32. The number of alkyl halides is 3. The Bertz CT molecular complexity index is 1650. The largest absolute Gasteiger partial charge is 0.418 e. The van der Waals surface area contributed by atoms with Crippen LogP contribution in [0.3, 0.4) is 0 Å². The molecule has 202 valence electrons. The van der Waals surface area contributed by atoms with Gasteiger partial charge in [-0.2, -0.15) is 13.2 Å². The van der Waals surface area contributed by atoms with Gasteiger partial charge in [0.15, 0.2) is 0 Å². The fraction of sp³-hybridized carbons (Fsp3) is 0.393. The Hall–Kier alpha value is -3.88. The number of imidazole rings is 1. The Morgan fingerprint density at radius 2 is 1.92 bits per heavy atom. The first-order valence-corrected chi connectivity index (χ1v) is 12.8. The van der Waals surface area contributed by atoms with Crippen molar-refractivity contribution in [3.8, 4) is 17.5 Å². The fourth-order valence-corrected chi connectivity index (χ4v) is 5.34. The van der Waals surface area contributed by atoms with E-state index in [9.17, 15) is 18.0 Å². The number of nitrogens with zero attached hydrogens (tertiary/aromatic N) is 6. The van der Waals surface area contributed by atoms with Gasteiger partial charge in [-0.3, -0.25) is 13.9 Å². The zero-order valence-electron chi connectivity index (χ0n) is 21.4. The van der Waals surface area contributed by atoms with Gasteiger partial charge in [0.05, 0.1) is 36.5 Å². The van der Waals surface area contributed by atoms with Crippen molar-refractivity contribution in [3.63, 3.8) is 0 Å². The molecule has 11 heteroatoms. The smallest absolute Gasteiger partial charge is 0.379 e.